The lowest BCUT2D eigenvalue weighted by molar-refractivity contribution is -0.119. The van der Waals surface area contributed by atoms with Crippen LogP contribution in [0.3, 0.4) is 0 Å². The molecule has 0 radical (unpaired) electrons. The number of imide groups is 1. The van der Waals surface area contributed by atoms with Crippen molar-refractivity contribution >= 4 is 23.5 Å². The maximum atomic E-state index is 11.9. The minimum atomic E-state index is -0.690. The lowest BCUT2D eigenvalue weighted by Crippen LogP contribution is -2.48. The van der Waals surface area contributed by atoms with Crippen molar-refractivity contribution in [3.8, 4) is 0 Å². The number of halogens is 1. The minimum Gasteiger partial charge on any atom is -0.324 e. The molecule has 114 valence electrons. The van der Waals surface area contributed by atoms with Gasteiger partial charge in [-0.1, -0.05) is 30.3 Å². The number of hydrogen-bond acceptors (Lipinski definition) is 2. The Hall–Kier alpha value is -1.55. The molecule has 1 aromatic carbocycles. The number of hydrogen-bond donors (Lipinski definition) is 1. The predicted molar refractivity (Wildman–Crippen MR) is 83.3 cm³/mol. The van der Waals surface area contributed by atoms with E-state index in [4.69, 9.17) is 11.6 Å². The number of nitrogens with one attached hydrogen (secondary N) is 1. The number of alkyl halides is 1. The van der Waals surface area contributed by atoms with Gasteiger partial charge in [0.2, 0.25) is 5.91 Å². The van der Waals surface area contributed by atoms with Crippen LogP contribution in [0, 0.1) is 5.92 Å². The summed E-state index contributed by atoms with van der Waals surface area (Å²) in [5.41, 5.74) is 1.34. The standard InChI is InChI=1S/C16H21ClN2O2/c1-12(17)15(20)18-16(21)19-9-7-14(8-10-19)11-13-5-3-2-4-6-13/h2-6,12,14H,7-11H2,1H3,(H,18,20,21). The highest BCUT2D eigenvalue weighted by atomic mass is 35.5. The van der Waals surface area contributed by atoms with Gasteiger partial charge in [0.1, 0.15) is 5.38 Å². The third-order valence-electron chi connectivity index (χ3n) is 3.86. The van der Waals surface area contributed by atoms with E-state index >= 15 is 0 Å². The van der Waals surface area contributed by atoms with Gasteiger partial charge >= 0.3 is 6.03 Å². The van der Waals surface area contributed by atoms with Gasteiger partial charge in [-0.15, -0.1) is 11.6 Å². The molecule has 1 aromatic rings. The Morgan fingerprint density at radius 3 is 2.48 bits per heavy atom. The number of carbonyl (C=O) groups excluding carboxylic acids is 2. The van der Waals surface area contributed by atoms with Crippen molar-refractivity contribution in [3.05, 3.63) is 35.9 Å². The van der Waals surface area contributed by atoms with Crippen LogP contribution in [-0.2, 0) is 11.2 Å². The highest BCUT2D eigenvalue weighted by Gasteiger charge is 2.24. The number of rotatable bonds is 3. The molecular weight excluding hydrogens is 288 g/mol. The van der Waals surface area contributed by atoms with Gasteiger partial charge in [0.05, 0.1) is 0 Å². The number of piperidine rings is 1. The van der Waals surface area contributed by atoms with Crippen LogP contribution in [0.25, 0.3) is 0 Å². The van der Waals surface area contributed by atoms with Crippen molar-refractivity contribution in [2.75, 3.05) is 13.1 Å². The molecule has 1 saturated heterocycles. The number of urea groups is 1. The number of nitrogens with zero attached hydrogens (tertiary/aromatic N) is 1. The molecule has 1 N–H and O–H groups in total. The summed E-state index contributed by atoms with van der Waals surface area (Å²) in [4.78, 5) is 25.0. The lowest BCUT2D eigenvalue weighted by Gasteiger charge is -2.32. The van der Waals surface area contributed by atoms with E-state index in [2.05, 4.69) is 29.6 Å². The van der Waals surface area contributed by atoms with E-state index in [0.29, 0.717) is 19.0 Å². The van der Waals surface area contributed by atoms with Crippen LogP contribution in [0.1, 0.15) is 25.3 Å². The predicted octanol–water partition coefficient (Wildman–Crippen LogP) is 2.80. The van der Waals surface area contributed by atoms with Gasteiger partial charge in [0, 0.05) is 13.1 Å². The van der Waals surface area contributed by atoms with Crippen LogP contribution in [0.5, 0.6) is 0 Å². The van der Waals surface area contributed by atoms with E-state index in [1.165, 1.54) is 5.56 Å². The normalized spacial score (nSPS) is 17.3. The average Bonchev–Trinajstić information content (AvgIpc) is 2.48. The molecule has 1 aliphatic heterocycles. The summed E-state index contributed by atoms with van der Waals surface area (Å²) in [6, 6.07) is 10.1. The zero-order valence-electron chi connectivity index (χ0n) is 12.2. The van der Waals surface area contributed by atoms with Crippen LogP contribution in [0.4, 0.5) is 4.79 Å². The second kappa shape index (κ2) is 7.46. The summed E-state index contributed by atoms with van der Waals surface area (Å²) in [7, 11) is 0. The third kappa shape index (κ3) is 4.74. The first-order chi connectivity index (χ1) is 10.1. The maximum Gasteiger partial charge on any atom is 0.324 e. The van der Waals surface area contributed by atoms with E-state index < -0.39 is 11.3 Å². The molecule has 2 rings (SSSR count). The molecule has 3 amide bonds. The Bertz CT molecular complexity index is 482. The Morgan fingerprint density at radius 1 is 1.29 bits per heavy atom. The van der Waals surface area contributed by atoms with E-state index in [-0.39, 0.29) is 6.03 Å². The molecule has 4 nitrogen and oxygen atoms in total. The fourth-order valence-electron chi connectivity index (χ4n) is 2.57. The Balaban J connectivity index is 1.78. The molecule has 0 aliphatic carbocycles. The SMILES string of the molecule is CC(Cl)C(=O)NC(=O)N1CCC(Cc2ccccc2)CC1. The van der Waals surface area contributed by atoms with Crippen molar-refractivity contribution in [2.45, 2.75) is 31.6 Å². The average molecular weight is 309 g/mol. The minimum absolute atomic E-state index is 0.328. The maximum absolute atomic E-state index is 11.9. The van der Waals surface area contributed by atoms with Crippen molar-refractivity contribution < 1.29 is 9.59 Å². The first kappa shape index (κ1) is 15.8. The summed E-state index contributed by atoms with van der Waals surface area (Å²) in [6.45, 7) is 2.93. The molecule has 1 aliphatic rings. The number of benzene rings is 1. The van der Waals surface area contributed by atoms with Crippen LogP contribution < -0.4 is 5.32 Å². The summed E-state index contributed by atoms with van der Waals surface area (Å²) >= 11 is 5.64. The fourth-order valence-corrected chi connectivity index (χ4v) is 2.63. The van der Waals surface area contributed by atoms with Crippen molar-refractivity contribution in [3.63, 3.8) is 0 Å². The first-order valence-electron chi connectivity index (χ1n) is 7.34. The highest BCUT2D eigenvalue weighted by molar-refractivity contribution is 6.31. The summed E-state index contributed by atoms with van der Waals surface area (Å²) in [5, 5.41) is 1.64. The Kier molecular flexibility index (Phi) is 5.62. The van der Waals surface area contributed by atoms with E-state index in [0.717, 1.165) is 19.3 Å². The highest BCUT2D eigenvalue weighted by Crippen LogP contribution is 2.21. The third-order valence-corrected chi connectivity index (χ3v) is 4.06. The van der Waals surface area contributed by atoms with Crippen molar-refractivity contribution in [1.82, 2.24) is 10.2 Å². The molecule has 1 atom stereocenters. The number of likely N-dealkylation sites (tertiary alicyclic amines) is 1. The van der Waals surface area contributed by atoms with Gasteiger partial charge < -0.3 is 4.90 Å². The Morgan fingerprint density at radius 2 is 1.90 bits per heavy atom. The fraction of sp³-hybridized carbons (Fsp3) is 0.500. The molecule has 0 bridgehead atoms. The van der Waals surface area contributed by atoms with Crippen LogP contribution in [0.2, 0.25) is 0 Å². The first-order valence-corrected chi connectivity index (χ1v) is 7.77. The quantitative estimate of drug-likeness (QED) is 0.873. The molecular formula is C16H21ClN2O2. The van der Waals surface area contributed by atoms with Gasteiger partial charge in [-0.05, 0) is 37.7 Å². The van der Waals surface area contributed by atoms with Crippen molar-refractivity contribution in [1.29, 1.82) is 0 Å². The molecule has 21 heavy (non-hydrogen) atoms. The largest absolute Gasteiger partial charge is 0.324 e. The van der Waals surface area contributed by atoms with Gasteiger partial charge in [-0.25, -0.2) is 4.79 Å². The van der Waals surface area contributed by atoms with Crippen LogP contribution in [-0.4, -0.2) is 35.3 Å². The molecule has 1 unspecified atom stereocenters. The van der Waals surface area contributed by atoms with E-state index in [1.807, 2.05) is 6.07 Å². The monoisotopic (exact) mass is 308 g/mol. The van der Waals surface area contributed by atoms with Gasteiger partial charge in [0.25, 0.3) is 0 Å². The van der Waals surface area contributed by atoms with Gasteiger partial charge in [-0.3, -0.25) is 10.1 Å². The molecule has 1 fully saturated rings. The number of carbonyl (C=O) groups is 2. The summed E-state index contributed by atoms with van der Waals surface area (Å²) < 4.78 is 0. The lowest BCUT2D eigenvalue weighted by atomic mass is 9.90. The zero-order chi connectivity index (χ0) is 15.2. The van der Waals surface area contributed by atoms with Gasteiger partial charge in [0.15, 0.2) is 0 Å². The van der Waals surface area contributed by atoms with E-state index in [9.17, 15) is 9.59 Å². The van der Waals surface area contributed by atoms with Crippen LogP contribution in [0.15, 0.2) is 30.3 Å². The second-order valence-electron chi connectivity index (χ2n) is 5.53. The Labute approximate surface area is 130 Å². The molecule has 1 heterocycles. The second-order valence-corrected chi connectivity index (χ2v) is 6.19. The molecule has 0 saturated carbocycles. The van der Waals surface area contributed by atoms with Crippen LogP contribution >= 0.6 is 11.6 Å². The topological polar surface area (TPSA) is 49.4 Å². The summed E-state index contributed by atoms with van der Waals surface area (Å²) in [6.07, 6.45) is 2.98. The zero-order valence-corrected chi connectivity index (χ0v) is 13.0. The smallest absolute Gasteiger partial charge is 0.324 e. The molecule has 5 heteroatoms. The number of amides is 3. The summed E-state index contributed by atoms with van der Waals surface area (Å²) in [5.74, 6) is 0.159. The van der Waals surface area contributed by atoms with Crippen molar-refractivity contribution in [2.24, 2.45) is 5.92 Å². The molecule has 0 aromatic heterocycles. The van der Waals surface area contributed by atoms with E-state index in [1.54, 1.807) is 11.8 Å². The molecule has 0 spiro atoms. The van der Waals surface area contributed by atoms with Gasteiger partial charge in [-0.2, -0.15) is 0 Å².